The van der Waals surface area contributed by atoms with Gasteiger partial charge in [-0.1, -0.05) is 12.1 Å². The number of nitrogens with two attached hydrogens (primary N) is 1. The van der Waals surface area contributed by atoms with E-state index in [9.17, 15) is 4.79 Å². The Labute approximate surface area is 168 Å². The molecule has 1 heterocycles. The van der Waals surface area contributed by atoms with Gasteiger partial charge in [0.2, 0.25) is 5.91 Å². The van der Waals surface area contributed by atoms with Crippen LogP contribution in [0.1, 0.15) is 31.7 Å². The zero-order valence-corrected chi connectivity index (χ0v) is 17.5. The van der Waals surface area contributed by atoms with Crippen LogP contribution in [0.3, 0.4) is 0 Å². The van der Waals surface area contributed by atoms with Crippen LogP contribution in [0.5, 0.6) is 5.75 Å². The Morgan fingerprint density at radius 1 is 1.43 bits per heavy atom. The fourth-order valence-electron chi connectivity index (χ4n) is 3.38. The quantitative estimate of drug-likeness (QED) is 0.496. The molecule has 1 aliphatic rings. The van der Waals surface area contributed by atoms with Crippen LogP contribution < -0.4 is 15.8 Å². The van der Waals surface area contributed by atoms with E-state index in [0.717, 1.165) is 56.3 Å². The number of primary amides is 1. The summed E-state index contributed by atoms with van der Waals surface area (Å²) in [6.07, 6.45) is 2.55. The maximum Gasteiger partial charge on any atom is 0.217 e. The van der Waals surface area contributed by atoms with Crippen molar-refractivity contribution in [1.82, 2.24) is 15.1 Å². The van der Waals surface area contributed by atoms with Gasteiger partial charge >= 0.3 is 0 Å². The summed E-state index contributed by atoms with van der Waals surface area (Å²) < 4.78 is 5.82. The summed E-state index contributed by atoms with van der Waals surface area (Å²) in [5, 5.41) is 3.38. The Morgan fingerprint density at radius 2 is 2.25 bits per heavy atom. The third kappa shape index (κ3) is 7.76. The van der Waals surface area contributed by atoms with Crippen LogP contribution in [0.4, 0.5) is 0 Å². The molecule has 0 radical (unpaired) electrons. The minimum atomic E-state index is -0.222. The number of ether oxygens (including phenoxy) is 1. The van der Waals surface area contributed by atoms with Crippen LogP contribution in [0.25, 0.3) is 0 Å². The summed E-state index contributed by atoms with van der Waals surface area (Å²) in [5.74, 6) is 1.86. The molecule has 1 unspecified atom stereocenters. The van der Waals surface area contributed by atoms with Gasteiger partial charge in [0.1, 0.15) is 12.4 Å². The van der Waals surface area contributed by atoms with Crippen molar-refractivity contribution in [2.45, 2.75) is 32.7 Å². The minimum absolute atomic E-state index is 0.222. The number of likely N-dealkylation sites (tertiary alicyclic amines) is 1. The SMILES string of the molecule is CCNC(=NCc1cccc(OCCN(C)C)c1)N1CCCC(CC(N)=O)C1. The molecule has 0 spiro atoms. The molecule has 28 heavy (non-hydrogen) atoms. The lowest BCUT2D eigenvalue weighted by Crippen LogP contribution is -2.47. The molecule has 3 N–H and O–H groups in total. The van der Waals surface area contributed by atoms with E-state index in [2.05, 4.69) is 34.2 Å². The van der Waals surface area contributed by atoms with Gasteiger partial charge in [-0.2, -0.15) is 0 Å². The van der Waals surface area contributed by atoms with E-state index in [4.69, 9.17) is 15.5 Å². The average Bonchev–Trinajstić information content (AvgIpc) is 2.65. The third-order valence-corrected chi connectivity index (χ3v) is 4.76. The normalized spacial score (nSPS) is 17.6. The van der Waals surface area contributed by atoms with E-state index in [1.165, 1.54) is 0 Å². The summed E-state index contributed by atoms with van der Waals surface area (Å²) in [5.41, 5.74) is 6.50. The van der Waals surface area contributed by atoms with Crippen molar-refractivity contribution in [3.8, 4) is 5.75 Å². The Morgan fingerprint density at radius 3 is 2.96 bits per heavy atom. The second kappa shape index (κ2) is 11.5. The molecule has 1 amide bonds. The topological polar surface area (TPSA) is 83.2 Å². The molecule has 0 aliphatic carbocycles. The number of rotatable bonds is 9. The van der Waals surface area contributed by atoms with Gasteiger partial charge in [0, 0.05) is 32.6 Å². The van der Waals surface area contributed by atoms with Crippen molar-refractivity contribution in [1.29, 1.82) is 0 Å². The standard InChI is InChI=1S/C21H35N5O2/c1-4-23-21(26-10-6-8-18(16-26)14-20(22)27)24-15-17-7-5-9-19(13-17)28-12-11-25(2)3/h5,7,9,13,18H,4,6,8,10-12,14-16H2,1-3H3,(H2,22,27)(H,23,24). The summed E-state index contributed by atoms with van der Waals surface area (Å²) in [6.45, 7) is 6.79. The van der Waals surface area contributed by atoms with E-state index < -0.39 is 0 Å². The Kier molecular flexibility index (Phi) is 9.07. The zero-order valence-electron chi connectivity index (χ0n) is 17.5. The lowest BCUT2D eigenvalue weighted by atomic mass is 9.95. The Bertz CT molecular complexity index is 647. The first kappa shape index (κ1) is 22.0. The predicted molar refractivity (Wildman–Crippen MR) is 113 cm³/mol. The molecular formula is C21H35N5O2. The molecule has 0 saturated carbocycles. The number of aliphatic imine (C=N–C) groups is 1. The predicted octanol–water partition coefficient (Wildman–Crippen LogP) is 1.68. The molecule has 1 aromatic carbocycles. The van der Waals surface area contributed by atoms with Gasteiger partial charge in [0.15, 0.2) is 5.96 Å². The number of piperidine rings is 1. The number of hydrogen-bond donors (Lipinski definition) is 2. The smallest absolute Gasteiger partial charge is 0.217 e. The molecule has 1 fully saturated rings. The fourth-order valence-corrected chi connectivity index (χ4v) is 3.38. The zero-order chi connectivity index (χ0) is 20.4. The molecule has 1 aromatic rings. The highest BCUT2D eigenvalue weighted by molar-refractivity contribution is 5.80. The number of carbonyl (C=O) groups excluding carboxylic acids is 1. The van der Waals surface area contributed by atoms with Crippen molar-refractivity contribution >= 4 is 11.9 Å². The summed E-state index contributed by atoms with van der Waals surface area (Å²) in [7, 11) is 4.07. The van der Waals surface area contributed by atoms with E-state index in [1.54, 1.807) is 0 Å². The second-order valence-electron chi connectivity index (χ2n) is 7.59. The molecule has 0 bridgehead atoms. The number of hydrogen-bond acceptors (Lipinski definition) is 4. The van der Waals surface area contributed by atoms with Crippen LogP contribution in [0.15, 0.2) is 29.3 Å². The largest absolute Gasteiger partial charge is 0.492 e. The molecule has 2 rings (SSSR count). The lowest BCUT2D eigenvalue weighted by molar-refractivity contribution is -0.119. The molecule has 1 atom stereocenters. The van der Waals surface area contributed by atoms with Crippen LogP contribution in [0.2, 0.25) is 0 Å². The Hall–Kier alpha value is -2.28. The first-order valence-corrected chi connectivity index (χ1v) is 10.2. The first-order valence-electron chi connectivity index (χ1n) is 10.2. The summed E-state index contributed by atoms with van der Waals surface area (Å²) in [4.78, 5) is 20.4. The average molecular weight is 390 g/mol. The number of nitrogens with one attached hydrogen (secondary N) is 1. The van der Waals surface area contributed by atoms with Crippen LogP contribution in [-0.4, -0.2) is 68.5 Å². The van der Waals surface area contributed by atoms with E-state index >= 15 is 0 Å². The fraction of sp³-hybridized carbons (Fsp3) is 0.619. The molecule has 156 valence electrons. The number of benzene rings is 1. The van der Waals surface area contributed by atoms with Crippen molar-refractivity contribution in [2.75, 3.05) is 46.9 Å². The molecule has 1 saturated heterocycles. The highest BCUT2D eigenvalue weighted by atomic mass is 16.5. The van der Waals surface area contributed by atoms with Crippen LogP contribution in [-0.2, 0) is 11.3 Å². The minimum Gasteiger partial charge on any atom is -0.492 e. The maximum absolute atomic E-state index is 11.3. The number of nitrogens with zero attached hydrogens (tertiary/aromatic N) is 3. The number of likely N-dealkylation sites (N-methyl/N-ethyl adjacent to an activating group) is 1. The molecule has 7 nitrogen and oxygen atoms in total. The van der Waals surface area contributed by atoms with Gasteiger partial charge in [-0.25, -0.2) is 4.99 Å². The van der Waals surface area contributed by atoms with Crippen LogP contribution >= 0.6 is 0 Å². The maximum atomic E-state index is 11.3. The van der Waals surface area contributed by atoms with Crippen molar-refractivity contribution < 1.29 is 9.53 Å². The Balaban J connectivity index is 1.99. The molecular weight excluding hydrogens is 354 g/mol. The summed E-state index contributed by atoms with van der Waals surface area (Å²) >= 11 is 0. The van der Waals surface area contributed by atoms with Gasteiger partial charge in [-0.3, -0.25) is 4.79 Å². The number of carbonyl (C=O) groups is 1. The highest BCUT2D eigenvalue weighted by Gasteiger charge is 2.23. The monoisotopic (exact) mass is 389 g/mol. The lowest BCUT2D eigenvalue weighted by Gasteiger charge is -2.34. The molecule has 0 aromatic heterocycles. The number of guanidine groups is 1. The van der Waals surface area contributed by atoms with E-state index in [-0.39, 0.29) is 5.91 Å². The van der Waals surface area contributed by atoms with E-state index in [0.29, 0.717) is 25.5 Å². The van der Waals surface area contributed by atoms with Gasteiger partial charge in [-0.15, -0.1) is 0 Å². The highest BCUT2D eigenvalue weighted by Crippen LogP contribution is 2.20. The van der Waals surface area contributed by atoms with E-state index in [1.807, 2.05) is 26.2 Å². The van der Waals surface area contributed by atoms with Gasteiger partial charge < -0.3 is 25.6 Å². The third-order valence-electron chi connectivity index (χ3n) is 4.76. The molecule has 1 aliphatic heterocycles. The van der Waals surface area contributed by atoms with Crippen molar-refractivity contribution in [3.63, 3.8) is 0 Å². The van der Waals surface area contributed by atoms with Crippen molar-refractivity contribution in [3.05, 3.63) is 29.8 Å². The second-order valence-corrected chi connectivity index (χ2v) is 7.59. The number of amides is 1. The van der Waals surface area contributed by atoms with Gasteiger partial charge in [0.05, 0.1) is 6.54 Å². The summed E-state index contributed by atoms with van der Waals surface area (Å²) in [6, 6.07) is 8.10. The van der Waals surface area contributed by atoms with Crippen molar-refractivity contribution in [2.24, 2.45) is 16.6 Å². The van der Waals surface area contributed by atoms with Gasteiger partial charge in [0.25, 0.3) is 0 Å². The van der Waals surface area contributed by atoms with Crippen LogP contribution in [0, 0.1) is 5.92 Å². The molecule has 7 heteroatoms. The van der Waals surface area contributed by atoms with Gasteiger partial charge in [-0.05, 0) is 57.5 Å². The first-order chi connectivity index (χ1) is 13.5.